The molecule has 0 saturated carbocycles. The summed E-state index contributed by atoms with van der Waals surface area (Å²) in [7, 11) is 0. The van der Waals surface area contributed by atoms with Gasteiger partial charge in [-0.3, -0.25) is 14.7 Å². The summed E-state index contributed by atoms with van der Waals surface area (Å²) in [6.07, 6.45) is 5.16. The Kier molecular flexibility index (Phi) is 5.55. The molecule has 1 aromatic rings. The van der Waals surface area contributed by atoms with Gasteiger partial charge in [-0.1, -0.05) is 24.1 Å². The van der Waals surface area contributed by atoms with Crippen LogP contribution in [0.5, 0.6) is 0 Å². The zero-order valence-electron chi connectivity index (χ0n) is 16.1. The topological polar surface area (TPSA) is 36.0 Å². The number of ether oxygens (including phenoxy) is 1. The van der Waals surface area contributed by atoms with E-state index in [0.29, 0.717) is 13.1 Å². The number of carbonyl (C=O) groups is 1. The summed E-state index contributed by atoms with van der Waals surface area (Å²) in [5, 5.41) is 0. The molecule has 26 heavy (non-hydrogen) atoms. The van der Waals surface area contributed by atoms with Crippen molar-refractivity contribution in [2.24, 2.45) is 0 Å². The summed E-state index contributed by atoms with van der Waals surface area (Å²) < 4.78 is 5.49. The lowest BCUT2D eigenvalue weighted by molar-refractivity contribution is 0.0242. The van der Waals surface area contributed by atoms with E-state index in [1.54, 1.807) is 4.90 Å². The highest BCUT2D eigenvalue weighted by atomic mass is 16.6. The molecule has 1 amide bonds. The molecule has 0 unspecified atom stereocenters. The average molecular weight is 355 g/mol. The first-order valence-corrected chi connectivity index (χ1v) is 9.31. The second-order valence-corrected chi connectivity index (χ2v) is 8.20. The molecule has 5 heteroatoms. The monoisotopic (exact) mass is 355 g/mol. The largest absolute Gasteiger partial charge is 0.444 e. The van der Waals surface area contributed by atoms with E-state index in [2.05, 4.69) is 33.9 Å². The van der Waals surface area contributed by atoms with E-state index in [1.165, 1.54) is 16.7 Å². The van der Waals surface area contributed by atoms with Crippen molar-refractivity contribution in [3.8, 4) is 12.3 Å². The van der Waals surface area contributed by atoms with E-state index in [1.807, 2.05) is 20.8 Å². The number of benzene rings is 1. The second-order valence-electron chi connectivity index (χ2n) is 8.20. The Hall–Kier alpha value is -2.03. The summed E-state index contributed by atoms with van der Waals surface area (Å²) >= 11 is 0. The Balaban J connectivity index is 1.56. The molecule has 0 radical (unpaired) electrons. The highest BCUT2D eigenvalue weighted by molar-refractivity contribution is 5.69. The number of carbonyl (C=O) groups excluding carboxylic acids is 1. The van der Waals surface area contributed by atoms with Crippen molar-refractivity contribution in [2.45, 2.75) is 46.0 Å². The predicted molar refractivity (Wildman–Crippen MR) is 102 cm³/mol. The maximum Gasteiger partial charge on any atom is 0.410 e. The van der Waals surface area contributed by atoms with Gasteiger partial charge in [-0.05, 0) is 37.5 Å². The molecule has 2 aliphatic heterocycles. The van der Waals surface area contributed by atoms with Gasteiger partial charge in [-0.25, -0.2) is 4.79 Å². The first-order chi connectivity index (χ1) is 12.3. The van der Waals surface area contributed by atoms with Crippen LogP contribution >= 0.6 is 0 Å². The van der Waals surface area contributed by atoms with Gasteiger partial charge in [0.2, 0.25) is 0 Å². The smallest absolute Gasteiger partial charge is 0.410 e. The van der Waals surface area contributed by atoms with E-state index in [-0.39, 0.29) is 6.09 Å². The molecule has 1 saturated heterocycles. The van der Waals surface area contributed by atoms with E-state index >= 15 is 0 Å². The minimum absolute atomic E-state index is 0.236. The predicted octanol–water partition coefficient (Wildman–Crippen LogP) is 2.69. The zero-order valence-corrected chi connectivity index (χ0v) is 16.1. The number of terminal acetylenes is 1. The van der Waals surface area contributed by atoms with Crippen LogP contribution < -0.4 is 0 Å². The molecule has 2 aliphatic rings. The SMILES string of the molecule is C#CCN1CCN(Cc2ccc3c(c2)CN(C(=O)OC(C)(C)C)C3)CC1. The maximum atomic E-state index is 12.3. The zero-order chi connectivity index (χ0) is 18.7. The van der Waals surface area contributed by atoms with Crippen LogP contribution in [0.25, 0.3) is 0 Å². The number of piperazine rings is 1. The number of fused-ring (bicyclic) bond motifs is 1. The number of nitrogens with zero attached hydrogens (tertiary/aromatic N) is 3. The lowest BCUT2D eigenvalue weighted by Crippen LogP contribution is -2.45. The Bertz CT molecular complexity index is 694. The minimum atomic E-state index is -0.460. The molecule has 1 fully saturated rings. The van der Waals surface area contributed by atoms with Crippen molar-refractivity contribution in [3.05, 3.63) is 34.9 Å². The van der Waals surface area contributed by atoms with Crippen LogP contribution in [0, 0.1) is 12.3 Å². The molecule has 0 atom stereocenters. The average Bonchev–Trinajstić information content (AvgIpc) is 2.99. The van der Waals surface area contributed by atoms with Crippen LogP contribution in [0.3, 0.4) is 0 Å². The van der Waals surface area contributed by atoms with Crippen LogP contribution in [0.1, 0.15) is 37.5 Å². The number of hydrogen-bond donors (Lipinski definition) is 0. The van der Waals surface area contributed by atoms with Crippen LogP contribution in [-0.2, 0) is 24.4 Å². The highest BCUT2D eigenvalue weighted by Crippen LogP contribution is 2.26. The number of hydrogen-bond acceptors (Lipinski definition) is 4. The quantitative estimate of drug-likeness (QED) is 0.781. The molecule has 140 valence electrons. The van der Waals surface area contributed by atoms with Gasteiger partial charge in [0.1, 0.15) is 5.60 Å². The van der Waals surface area contributed by atoms with Crippen LogP contribution in [0.2, 0.25) is 0 Å². The molecule has 0 aliphatic carbocycles. The van der Waals surface area contributed by atoms with Gasteiger partial charge >= 0.3 is 6.09 Å². The van der Waals surface area contributed by atoms with Crippen molar-refractivity contribution in [2.75, 3.05) is 32.7 Å². The van der Waals surface area contributed by atoms with Crippen LogP contribution in [0.15, 0.2) is 18.2 Å². The van der Waals surface area contributed by atoms with Gasteiger partial charge in [0, 0.05) is 45.8 Å². The summed E-state index contributed by atoms with van der Waals surface area (Å²) in [5.74, 6) is 2.72. The van der Waals surface area contributed by atoms with Crippen molar-refractivity contribution >= 4 is 6.09 Å². The standard InChI is InChI=1S/C21H29N3O2/c1-5-8-22-9-11-23(12-10-22)14-17-6-7-18-15-24(16-19(18)13-17)20(25)26-21(2,3)4/h1,6-7,13H,8-12,14-16H2,2-4H3. The van der Waals surface area contributed by atoms with Gasteiger partial charge in [-0.2, -0.15) is 0 Å². The Morgan fingerprint density at radius 1 is 1.12 bits per heavy atom. The fraction of sp³-hybridized carbons (Fsp3) is 0.571. The Labute approximate surface area is 156 Å². The summed E-state index contributed by atoms with van der Waals surface area (Å²) in [4.78, 5) is 18.9. The lowest BCUT2D eigenvalue weighted by atomic mass is 10.1. The third-order valence-corrected chi connectivity index (χ3v) is 4.83. The molecular weight excluding hydrogens is 326 g/mol. The van der Waals surface area contributed by atoms with Gasteiger partial charge in [-0.15, -0.1) is 6.42 Å². The van der Waals surface area contributed by atoms with E-state index in [4.69, 9.17) is 11.2 Å². The Morgan fingerprint density at radius 3 is 2.42 bits per heavy atom. The molecule has 0 N–H and O–H groups in total. The fourth-order valence-electron chi connectivity index (χ4n) is 3.49. The molecule has 1 aromatic carbocycles. The van der Waals surface area contributed by atoms with Gasteiger partial charge < -0.3 is 4.74 Å². The van der Waals surface area contributed by atoms with E-state index in [0.717, 1.165) is 39.3 Å². The number of rotatable bonds is 3. The van der Waals surface area contributed by atoms with Crippen molar-refractivity contribution in [1.82, 2.24) is 14.7 Å². The molecule has 5 nitrogen and oxygen atoms in total. The second kappa shape index (κ2) is 7.69. The fourth-order valence-corrected chi connectivity index (χ4v) is 3.49. The van der Waals surface area contributed by atoms with Crippen molar-refractivity contribution in [3.63, 3.8) is 0 Å². The van der Waals surface area contributed by atoms with Crippen molar-refractivity contribution < 1.29 is 9.53 Å². The van der Waals surface area contributed by atoms with Gasteiger partial charge in [0.15, 0.2) is 0 Å². The molecule has 2 heterocycles. The van der Waals surface area contributed by atoms with E-state index < -0.39 is 5.60 Å². The lowest BCUT2D eigenvalue weighted by Gasteiger charge is -2.33. The van der Waals surface area contributed by atoms with Gasteiger partial charge in [0.25, 0.3) is 0 Å². The molecule has 0 bridgehead atoms. The summed E-state index contributed by atoms with van der Waals surface area (Å²) in [6.45, 7) is 12.8. The maximum absolute atomic E-state index is 12.3. The summed E-state index contributed by atoms with van der Waals surface area (Å²) in [6, 6.07) is 6.59. The molecule has 3 rings (SSSR count). The minimum Gasteiger partial charge on any atom is -0.444 e. The van der Waals surface area contributed by atoms with Crippen molar-refractivity contribution in [1.29, 1.82) is 0 Å². The first-order valence-electron chi connectivity index (χ1n) is 9.31. The molecular formula is C21H29N3O2. The Morgan fingerprint density at radius 2 is 1.77 bits per heavy atom. The summed E-state index contributed by atoms with van der Waals surface area (Å²) in [5.41, 5.74) is 3.30. The third kappa shape index (κ3) is 4.78. The van der Waals surface area contributed by atoms with Crippen LogP contribution in [-0.4, -0.2) is 59.1 Å². The normalized spacial score (nSPS) is 18.5. The van der Waals surface area contributed by atoms with Crippen LogP contribution in [0.4, 0.5) is 4.79 Å². The molecule has 0 aromatic heterocycles. The van der Waals surface area contributed by atoms with E-state index in [9.17, 15) is 4.79 Å². The van der Waals surface area contributed by atoms with Gasteiger partial charge in [0.05, 0.1) is 6.54 Å². The first kappa shape index (κ1) is 18.8. The number of amides is 1. The highest BCUT2D eigenvalue weighted by Gasteiger charge is 2.28. The molecule has 0 spiro atoms. The third-order valence-electron chi connectivity index (χ3n) is 4.83.